The predicted molar refractivity (Wildman–Crippen MR) is 37.7 cm³/mol. The Balaban J connectivity index is 2.98. The van der Waals surface area contributed by atoms with E-state index in [4.69, 9.17) is 11.6 Å². The summed E-state index contributed by atoms with van der Waals surface area (Å²) in [6, 6.07) is 1.76. The Hall–Kier alpha value is -1.65. The molecule has 0 saturated heterocycles. The highest BCUT2D eigenvalue weighted by Crippen LogP contribution is 2.10. The van der Waals surface area contributed by atoms with Crippen LogP contribution in [-0.2, 0) is 0 Å². The zero-order valence-electron chi connectivity index (χ0n) is 5.23. The van der Waals surface area contributed by atoms with E-state index in [1.165, 1.54) is 11.0 Å². The fourth-order valence-electron chi connectivity index (χ4n) is 0.955. The lowest BCUT2D eigenvalue weighted by atomic mass is 10.5. The highest BCUT2D eigenvalue weighted by atomic mass is 15.4. The van der Waals surface area contributed by atoms with Crippen molar-refractivity contribution in [2.75, 3.05) is 11.6 Å². The van der Waals surface area contributed by atoms with E-state index >= 15 is 0 Å². The maximum absolute atomic E-state index is 5.56. The third-order valence-corrected chi connectivity index (χ3v) is 1.42. The Kier molecular flexibility index (Phi) is 0.743. The molecule has 10 heavy (non-hydrogen) atoms. The topological polar surface area (TPSA) is 74.3 Å². The van der Waals surface area contributed by atoms with Gasteiger partial charge in [-0.2, -0.15) is 5.10 Å². The van der Waals surface area contributed by atoms with Gasteiger partial charge in [0, 0.05) is 6.20 Å². The van der Waals surface area contributed by atoms with E-state index in [0.717, 1.165) is 5.65 Å². The van der Waals surface area contributed by atoms with Gasteiger partial charge in [-0.1, -0.05) is 0 Å². The van der Waals surface area contributed by atoms with Crippen LogP contribution in [0.2, 0.25) is 0 Å². The first-order valence-electron chi connectivity index (χ1n) is 2.84. The van der Waals surface area contributed by atoms with Gasteiger partial charge in [-0.15, -0.1) is 0 Å². The molecule has 0 aromatic carbocycles. The van der Waals surface area contributed by atoms with Crippen LogP contribution in [-0.4, -0.2) is 14.3 Å². The lowest BCUT2D eigenvalue weighted by Gasteiger charge is -1.89. The van der Waals surface area contributed by atoms with Gasteiger partial charge in [0.05, 0.1) is 5.69 Å². The Morgan fingerprint density at radius 1 is 1.50 bits per heavy atom. The van der Waals surface area contributed by atoms with Crippen molar-refractivity contribution in [1.29, 1.82) is 0 Å². The molecule has 0 fully saturated rings. The van der Waals surface area contributed by atoms with Gasteiger partial charge >= 0.3 is 0 Å². The molecule has 0 unspecified atom stereocenters. The third kappa shape index (κ3) is 0.439. The Morgan fingerprint density at radius 2 is 2.30 bits per heavy atom. The summed E-state index contributed by atoms with van der Waals surface area (Å²) in [6.07, 6.45) is 3.26. The molecule has 2 aromatic heterocycles. The molecule has 52 valence electrons. The van der Waals surface area contributed by atoms with Gasteiger partial charge in [0.1, 0.15) is 6.33 Å². The largest absolute Gasteiger partial charge is 0.396 e. The Bertz CT molecular complexity index is 325. The standard InChI is InChI=1S/C5H7N5/c6-4-1-2-10-5(4)9(7)3-8-10/h1-3H,6-7H2. The number of nitrogens with zero attached hydrogens (tertiary/aromatic N) is 3. The molecule has 2 heterocycles. The molecule has 2 rings (SSSR count). The zero-order valence-corrected chi connectivity index (χ0v) is 5.23. The average molecular weight is 137 g/mol. The van der Waals surface area contributed by atoms with E-state index in [2.05, 4.69) is 5.10 Å². The molecular formula is C5H7N5. The molecule has 2 aromatic rings. The summed E-state index contributed by atoms with van der Waals surface area (Å²) in [5.74, 6) is 5.47. The molecule has 0 bridgehead atoms. The first-order valence-corrected chi connectivity index (χ1v) is 2.84. The first-order chi connectivity index (χ1) is 4.79. The summed E-state index contributed by atoms with van der Waals surface area (Å²) in [5.41, 5.74) is 6.92. The number of rotatable bonds is 0. The second-order valence-electron chi connectivity index (χ2n) is 2.08. The number of hydrogen-bond acceptors (Lipinski definition) is 3. The second kappa shape index (κ2) is 1.44. The highest BCUT2D eigenvalue weighted by molar-refractivity contribution is 5.65. The van der Waals surface area contributed by atoms with Crippen LogP contribution >= 0.6 is 0 Å². The molecule has 4 N–H and O–H groups in total. The summed E-state index contributed by atoms with van der Waals surface area (Å²) in [5, 5.41) is 3.91. The van der Waals surface area contributed by atoms with Gasteiger partial charge in [-0.3, -0.25) is 0 Å². The van der Waals surface area contributed by atoms with E-state index in [1.807, 2.05) is 0 Å². The van der Waals surface area contributed by atoms with E-state index in [-0.39, 0.29) is 0 Å². The SMILES string of the molecule is Nc1ccn2ncn(N)c12. The van der Waals surface area contributed by atoms with E-state index < -0.39 is 0 Å². The van der Waals surface area contributed by atoms with Crippen LogP contribution in [0.4, 0.5) is 5.69 Å². The number of fused-ring (bicyclic) bond motifs is 1. The number of anilines is 1. The summed E-state index contributed by atoms with van der Waals surface area (Å²) in [7, 11) is 0. The highest BCUT2D eigenvalue weighted by Gasteiger charge is 2.01. The lowest BCUT2D eigenvalue weighted by molar-refractivity contribution is 0.972. The number of nitrogen functional groups attached to an aromatic ring is 2. The van der Waals surface area contributed by atoms with Gasteiger partial charge in [-0.05, 0) is 6.07 Å². The fraction of sp³-hybridized carbons (Fsp3) is 0. The Labute approximate surface area is 56.8 Å². The van der Waals surface area contributed by atoms with Crippen molar-refractivity contribution < 1.29 is 0 Å². The van der Waals surface area contributed by atoms with Crippen LogP contribution < -0.4 is 11.6 Å². The van der Waals surface area contributed by atoms with Crippen molar-refractivity contribution in [1.82, 2.24) is 14.3 Å². The predicted octanol–water partition coefficient (Wildman–Crippen LogP) is -0.568. The first kappa shape index (κ1) is 5.16. The molecule has 0 saturated carbocycles. The van der Waals surface area contributed by atoms with Crippen molar-refractivity contribution in [3.8, 4) is 0 Å². The second-order valence-corrected chi connectivity index (χ2v) is 2.08. The van der Waals surface area contributed by atoms with E-state index in [1.54, 1.807) is 16.8 Å². The molecule has 0 amide bonds. The summed E-state index contributed by atoms with van der Waals surface area (Å²) in [6.45, 7) is 0. The van der Waals surface area contributed by atoms with Crippen LogP contribution in [0, 0.1) is 0 Å². The molecule has 0 aliphatic carbocycles. The molecular weight excluding hydrogens is 130 g/mol. The quantitative estimate of drug-likeness (QED) is 0.477. The van der Waals surface area contributed by atoms with Crippen molar-refractivity contribution in [2.45, 2.75) is 0 Å². The molecule has 0 spiro atoms. The van der Waals surface area contributed by atoms with Crippen LogP contribution in [0.25, 0.3) is 5.65 Å². The van der Waals surface area contributed by atoms with Gasteiger partial charge in [0.15, 0.2) is 5.65 Å². The fourth-order valence-corrected chi connectivity index (χ4v) is 0.955. The number of aromatic nitrogens is 3. The van der Waals surface area contributed by atoms with Crippen LogP contribution in [0.15, 0.2) is 18.6 Å². The summed E-state index contributed by atoms with van der Waals surface area (Å²) < 4.78 is 3.00. The summed E-state index contributed by atoms with van der Waals surface area (Å²) >= 11 is 0. The third-order valence-electron chi connectivity index (χ3n) is 1.42. The van der Waals surface area contributed by atoms with Gasteiger partial charge < -0.3 is 11.6 Å². The minimum Gasteiger partial charge on any atom is -0.396 e. The molecule has 0 radical (unpaired) electrons. The van der Waals surface area contributed by atoms with Gasteiger partial charge in [-0.25, -0.2) is 9.19 Å². The van der Waals surface area contributed by atoms with Crippen molar-refractivity contribution in [3.05, 3.63) is 18.6 Å². The van der Waals surface area contributed by atoms with Gasteiger partial charge in [0.25, 0.3) is 0 Å². The van der Waals surface area contributed by atoms with Crippen LogP contribution in [0.1, 0.15) is 0 Å². The van der Waals surface area contributed by atoms with E-state index in [0.29, 0.717) is 5.69 Å². The number of nitrogens with two attached hydrogens (primary N) is 2. The monoisotopic (exact) mass is 137 g/mol. The zero-order chi connectivity index (χ0) is 7.14. The minimum atomic E-state index is 0.639. The van der Waals surface area contributed by atoms with Gasteiger partial charge in [0.2, 0.25) is 0 Å². The number of hydrogen-bond donors (Lipinski definition) is 2. The molecule has 0 aliphatic heterocycles. The van der Waals surface area contributed by atoms with Crippen LogP contribution in [0.5, 0.6) is 0 Å². The normalized spacial score (nSPS) is 10.8. The minimum absolute atomic E-state index is 0.639. The molecule has 0 atom stereocenters. The molecule has 5 heteroatoms. The van der Waals surface area contributed by atoms with Crippen LogP contribution in [0.3, 0.4) is 0 Å². The average Bonchev–Trinajstić information content (AvgIpc) is 2.40. The maximum Gasteiger partial charge on any atom is 0.177 e. The Morgan fingerprint density at radius 3 is 3.00 bits per heavy atom. The summed E-state index contributed by atoms with van der Waals surface area (Å²) in [4.78, 5) is 0. The van der Waals surface area contributed by atoms with Crippen molar-refractivity contribution in [3.63, 3.8) is 0 Å². The van der Waals surface area contributed by atoms with E-state index in [9.17, 15) is 0 Å². The van der Waals surface area contributed by atoms with Crippen molar-refractivity contribution >= 4 is 11.3 Å². The molecule has 5 nitrogen and oxygen atoms in total. The lowest BCUT2D eigenvalue weighted by Crippen LogP contribution is -2.06. The smallest absolute Gasteiger partial charge is 0.177 e. The molecule has 0 aliphatic rings. The van der Waals surface area contributed by atoms with Crippen molar-refractivity contribution in [2.24, 2.45) is 0 Å². The maximum atomic E-state index is 5.56.